The Balaban J connectivity index is 1.52. The first-order chi connectivity index (χ1) is 12.1. The van der Waals surface area contributed by atoms with Gasteiger partial charge in [-0.1, -0.05) is 70.5 Å². The maximum atomic E-state index is 5.67. The van der Waals surface area contributed by atoms with Crippen LogP contribution in [0.3, 0.4) is 0 Å². The standard InChI is InChI=1S/C22H22BrNO/c1-14(19-13-21(19)16-6-4-3-5-7-16)12-20-15(2)24-25-22(20)17-8-10-18(23)11-9-17/h3-11,14,19,21H,12-13H2,1-2H3/t14?,19-,21-/m0/s1. The summed E-state index contributed by atoms with van der Waals surface area (Å²) in [6, 6.07) is 19.2. The number of rotatable bonds is 5. The summed E-state index contributed by atoms with van der Waals surface area (Å²) in [5.74, 6) is 3.02. The molecule has 3 atom stereocenters. The molecule has 0 spiro atoms. The Kier molecular flexibility index (Phi) is 4.51. The van der Waals surface area contributed by atoms with Crippen LogP contribution in [0.2, 0.25) is 0 Å². The monoisotopic (exact) mass is 395 g/mol. The lowest BCUT2D eigenvalue weighted by Gasteiger charge is -2.12. The van der Waals surface area contributed by atoms with E-state index in [1.165, 1.54) is 17.5 Å². The highest BCUT2D eigenvalue weighted by molar-refractivity contribution is 9.10. The lowest BCUT2D eigenvalue weighted by molar-refractivity contribution is 0.425. The van der Waals surface area contributed by atoms with Crippen molar-refractivity contribution in [2.45, 2.75) is 32.6 Å². The second-order valence-corrected chi connectivity index (χ2v) is 8.10. The van der Waals surface area contributed by atoms with E-state index in [0.717, 1.165) is 33.8 Å². The van der Waals surface area contributed by atoms with Gasteiger partial charge in [0.1, 0.15) is 0 Å². The second kappa shape index (κ2) is 6.80. The Bertz CT molecular complexity index is 853. The van der Waals surface area contributed by atoms with E-state index in [1.54, 1.807) is 0 Å². The van der Waals surface area contributed by atoms with Gasteiger partial charge in [-0.15, -0.1) is 0 Å². The smallest absolute Gasteiger partial charge is 0.170 e. The Morgan fingerprint density at radius 2 is 1.84 bits per heavy atom. The van der Waals surface area contributed by atoms with Crippen LogP contribution in [0.5, 0.6) is 0 Å². The molecule has 2 nitrogen and oxygen atoms in total. The highest BCUT2D eigenvalue weighted by Crippen LogP contribution is 2.52. The molecule has 3 aromatic rings. The summed E-state index contributed by atoms with van der Waals surface area (Å²) >= 11 is 3.49. The zero-order chi connectivity index (χ0) is 17.4. The van der Waals surface area contributed by atoms with Crippen LogP contribution < -0.4 is 0 Å². The van der Waals surface area contributed by atoms with Crippen molar-refractivity contribution in [3.05, 3.63) is 75.9 Å². The van der Waals surface area contributed by atoms with Crippen molar-refractivity contribution in [2.24, 2.45) is 11.8 Å². The van der Waals surface area contributed by atoms with Crippen LogP contribution >= 0.6 is 15.9 Å². The normalized spacial score (nSPS) is 20.4. The van der Waals surface area contributed by atoms with Gasteiger partial charge in [-0.25, -0.2) is 0 Å². The van der Waals surface area contributed by atoms with Gasteiger partial charge in [0.15, 0.2) is 5.76 Å². The van der Waals surface area contributed by atoms with Crippen molar-refractivity contribution in [2.75, 3.05) is 0 Å². The molecule has 1 fully saturated rings. The molecule has 0 amide bonds. The Labute approximate surface area is 157 Å². The summed E-state index contributed by atoms with van der Waals surface area (Å²) in [5, 5.41) is 4.24. The largest absolute Gasteiger partial charge is 0.356 e. The van der Waals surface area contributed by atoms with Gasteiger partial charge in [0, 0.05) is 15.6 Å². The summed E-state index contributed by atoms with van der Waals surface area (Å²) < 4.78 is 6.74. The quantitative estimate of drug-likeness (QED) is 0.499. The minimum Gasteiger partial charge on any atom is -0.356 e. The Morgan fingerprint density at radius 1 is 1.12 bits per heavy atom. The van der Waals surface area contributed by atoms with Crippen molar-refractivity contribution in [3.8, 4) is 11.3 Å². The van der Waals surface area contributed by atoms with Gasteiger partial charge in [-0.2, -0.15) is 0 Å². The van der Waals surface area contributed by atoms with E-state index in [2.05, 4.69) is 77.4 Å². The van der Waals surface area contributed by atoms with Gasteiger partial charge in [-0.05, 0) is 55.2 Å². The van der Waals surface area contributed by atoms with E-state index in [-0.39, 0.29) is 0 Å². The van der Waals surface area contributed by atoms with Crippen molar-refractivity contribution in [3.63, 3.8) is 0 Å². The van der Waals surface area contributed by atoms with Crippen LogP contribution in [0.4, 0.5) is 0 Å². The maximum Gasteiger partial charge on any atom is 0.170 e. The molecule has 3 heteroatoms. The molecule has 1 unspecified atom stereocenters. The molecule has 1 aromatic heterocycles. The summed E-state index contributed by atoms with van der Waals surface area (Å²) in [7, 11) is 0. The van der Waals surface area contributed by atoms with Gasteiger partial charge in [0.2, 0.25) is 0 Å². The summed E-state index contributed by atoms with van der Waals surface area (Å²) in [4.78, 5) is 0. The average Bonchev–Trinajstić information content (AvgIpc) is 3.36. The molecule has 0 saturated heterocycles. The van der Waals surface area contributed by atoms with Gasteiger partial charge in [-0.3, -0.25) is 0 Å². The maximum absolute atomic E-state index is 5.67. The third-order valence-electron chi connectivity index (χ3n) is 5.42. The van der Waals surface area contributed by atoms with Gasteiger partial charge in [0.25, 0.3) is 0 Å². The highest BCUT2D eigenvalue weighted by Gasteiger charge is 2.42. The number of aromatic nitrogens is 1. The van der Waals surface area contributed by atoms with Crippen LogP contribution in [0.15, 0.2) is 63.6 Å². The molecule has 1 heterocycles. The number of nitrogens with zero attached hydrogens (tertiary/aromatic N) is 1. The van der Waals surface area contributed by atoms with E-state index >= 15 is 0 Å². The van der Waals surface area contributed by atoms with E-state index in [1.807, 2.05) is 12.1 Å². The summed E-state index contributed by atoms with van der Waals surface area (Å²) in [6.45, 7) is 4.42. The highest BCUT2D eigenvalue weighted by atomic mass is 79.9. The van der Waals surface area contributed by atoms with Crippen molar-refractivity contribution >= 4 is 15.9 Å². The SMILES string of the molecule is Cc1noc(-c2ccc(Br)cc2)c1CC(C)[C@@H]1C[C@H]1c1ccccc1. The molecule has 0 bridgehead atoms. The zero-order valence-electron chi connectivity index (χ0n) is 14.6. The molecular formula is C22H22BrNO. The fourth-order valence-corrected chi connectivity index (χ4v) is 4.12. The molecule has 0 aliphatic heterocycles. The van der Waals surface area contributed by atoms with Crippen molar-refractivity contribution in [1.29, 1.82) is 0 Å². The third-order valence-corrected chi connectivity index (χ3v) is 5.94. The fraction of sp³-hybridized carbons (Fsp3) is 0.318. The van der Waals surface area contributed by atoms with E-state index in [0.29, 0.717) is 11.8 Å². The van der Waals surface area contributed by atoms with Crippen LogP contribution in [0.25, 0.3) is 11.3 Å². The number of hydrogen-bond acceptors (Lipinski definition) is 2. The lowest BCUT2D eigenvalue weighted by Crippen LogP contribution is -2.05. The lowest BCUT2D eigenvalue weighted by atomic mass is 9.92. The molecule has 1 aliphatic rings. The minimum atomic E-state index is 0.623. The first kappa shape index (κ1) is 16.6. The first-order valence-electron chi connectivity index (χ1n) is 8.89. The molecule has 1 saturated carbocycles. The topological polar surface area (TPSA) is 26.0 Å². The molecule has 4 rings (SSSR count). The van der Waals surface area contributed by atoms with E-state index < -0.39 is 0 Å². The molecule has 0 N–H and O–H groups in total. The van der Waals surface area contributed by atoms with Crippen LogP contribution in [-0.4, -0.2) is 5.16 Å². The molecule has 25 heavy (non-hydrogen) atoms. The zero-order valence-corrected chi connectivity index (χ0v) is 16.2. The second-order valence-electron chi connectivity index (χ2n) is 7.18. The minimum absolute atomic E-state index is 0.623. The predicted molar refractivity (Wildman–Crippen MR) is 105 cm³/mol. The van der Waals surface area contributed by atoms with Gasteiger partial charge < -0.3 is 4.52 Å². The van der Waals surface area contributed by atoms with Gasteiger partial charge >= 0.3 is 0 Å². The van der Waals surface area contributed by atoms with E-state index in [9.17, 15) is 0 Å². The summed E-state index contributed by atoms with van der Waals surface area (Å²) in [6.07, 6.45) is 2.32. The average molecular weight is 396 g/mol. The van der Waals surface area contributed by atoms with Crippen molar-refractivity contribution in [1.82, 2.24) is 5.16 Å². The summed E-state index contributed by atoms with van der Waals surface area (Å²) in [5.41, 5.74) is 4.85. The molecular weight excluding hydrogens is 374 g/mol. The molecule has 0 radical (unpaired) electrons. The number of hydrogen-bond donors (Lipinski definition) is 0. The fourth-order valence-electron chi connectivity index (χ4n) is 3.86. The molecule has 1 aliphatic carbocycles. The molecule has 2 aromatic carbocycles. The van der Waals surface area contributed by atoms with Crippen LogP contribution in [0.1, 0.15) is 36.1 Å². The van der Waals surface area contributed by atoms with Crippen molar-refractivity contribution < 1.29 is 4.52 Å². The predicted octanol–water partition coefficient (Wildman–Crippen LogP) is 6.39. The first-order valence-corrected chi connectivity index (χ1v) is 9.69. The third kappa shape index (κ3) is 3.43. The number of benzene rings is 2. The van der Waals surface area contributed by atoms with Crippen LogP contribution in [0, 0.1) is 18.8 Å². The molecule has 128 valence electrons. The van der Waals surface area contributed by atoms with Crippen LogP contribution in [-0.2, 0) is 6.42 Å². The Morgan fingerprint density at radius 3 is 2.56 bits per heavy atom. The number of aryl methyl sites for hydroxylation is 1. The van der Waals surface area contributed by atoms with E-state index in [4.69, 9.17) is 4.52 Å². The number of halogens is 1. The van der Waals surface area contributed by atoms with Gasteiger partial charge in [0.05, 0.1) is 5.69 Å². The Hall–Kier alpha value is -1.87.